The van der Waals surface area contributed by atoms with Gasteiger partial charge in [0, 0.05) is 18.7 Å². The molecule has 0 spiro atoms. The first-order valence-corrected chi connectivity index (χ1v) is 10.2. The van der Waals surface area contributed by atoms with Crippen LogP contribution in [0.1, 0.15) is 23.3 Å². The first-order chi connectivity index (χ1) is 14.0. The Kier molecular flexibility index (Phi) is 6.78. The molecule has 2 amide bonds. The van der Waals surface area contributed by atoms with E-state index in [-0.39, 0.29) is 11.8 Å². The average molecular weight is 432 g/mol. The van der Waals surface area contributed by atoms with E-state index in [1.165, 1.54) is 11.3 Å². The van der Waals surface area contributed by atoms with Crippen LogP contribution < -0.4 is 15.4 Å². The monoisotopic (exact) mass is 431 g/mol. The highest BCUT2D eigenvalue weighted by atomic mass is 32.1. The van der Waals surface area contributed by atoms with E-state index in [4.69, 9.17) is 17.0 Å². The molecular weight excluding hydrogens is 410 g/mol. The summed E-state index contributed by atoms with van der Waals surface area (Å²) in [6, 6.07) is 10.1. The number of hydrogen-bond acceptors (Lipinski definition) is 6. The molecule has 0 radical (unpaired) electrons. The molecule has 3 N–H and O–H groups in total. The van der Waals surface area contributed by atoms with Gasteiger partial charge < -0.3 is 15.4 Å². The summed E-state index contributed by atoms with van der Waals surface area (Å²) in [7, 11) is 1.57. The lowest BCUT2D eigenvalue weighted by atomic mass is 10.2. The highest BCUT2D eigenvalue weighted by Crippen LogP contribution is 2.25. The number of amides is 2. The first-order valence-electron chi connectivity index (χ1n) is 8.92. The molecule has 1 atom stereocenters. The average Bonchev–Trinajstić information content (AvgIpc) is 3.40. The van der Waals surface area contributed by atoms with Crippen molar-refractivity contribution in [2.24, 2.45) is 0 Å². The van der Waals surface area contributed by atoms with Crippen LogP contribution in [0.4, 0.5) is 0 Å². The van der Waals surface area contributed by atoms with E-state index in [0.717, 1.165) is 4.88 Å². The van der Waals surface area contributed by atoms with E-state index >= 15 is 0 Å². The number of methoxy groups -OCH3 is 1. The Hall–Kier alpha value is -2.98. The molecule has 3 aromatic rings. The van der Waals surface area contributed by atoms with Gasteiger partial charge in [0.05, 0.1) is 12.0 Å². The van der Waals surface area contributed by atoms with Crippen molar-refractivity contribution in [3.63, 3.8) is 0 Å². The van der Waals surface area contributed by atoms with Crippen molar-refractivity contribution >= 4 is 35.4 Å². The molecule has 0 saturated carbocycles. The van der Waals surface area contributed by atoms with Crippen LogP contribution in [0.5, 0.6) is 5.75 Å². The molecule has 152 valence electrons. The number of hydrogen-bond donors (Lipinski definition) is 3. The normalized spacial score (nSPS) is 11.7. The predicted molar refractivity (Wildman–Crippen MR) is 114 cm³/mol. The van der Waals surface area contributed by atoms with E-state index in [1.54, 1.807) is 42.9 Å². The lowest BCUT2D eigenvalue weighted by Crippen LogP contribution is -2.37. The number of rotatable bonds is 8. The maximum atomic E-state index is 12.6. The fourth-order valence-corrected chi connectivity index (χ4v) is 3.72. The second-order valence-corrected chi connectivity index (χ2v) is 7.49. The van der Waals surface area contributed by atoms with Crippen molar-refractivity contribution in [1.82, 2.24) is 25.4 Å². The van der Waals surface area contributed by atoms with Crippen LogP contribution in [0.3, 0.4) is 0 Å². The third-order valence-electron chi connectivity index (χ3n) is 4.27. The molecule has 2 heterocycles. The zero-order valence-electron chi connectivity index (χ0n) is 16.0. The third kappa shape index (κ3) is 4.90. The number of aromatic amines is 1. The van der Waals surface area contributed by atoms with Gasteiger partial charge in [0.1, 0.15) is 11.8 Å². The van der Waals surface area contributed by atoms with Crippen LogP contribution in [-0.2, 0) is 4.79 Å². The van der Waals surface area contributed by atoms with Gasteiger partial charge >= 0.3 is 0 Å². The second kappa shape index (κ2) is 9.48. The minimum absolute atomic E-state index is 0.209. The van der Waals surface area contributed by atoms with E-state index < -0.39 is 6.04 Å². The van der Waals surface area contributed by atoms with E-state index in [1.807, 2.05) is 17.5 Å². The van der Waals surface area contributed by atoms with Crippen molar-refractivity contribution in [2.45, 2.75) is 13.0 Å². The highest BCUT2D eigenvalue weighted by molar-refractivity contribution is 7.71. The summed E-state index contributed by atoms with van der Waals surface area (Å²) >= 11 is 6.81. The van der Waals surface area contributed by atoms with Crippen LogP contribution >= 0.6 is 23.6 Å². The van der Waals surface area contributed by atoms with Gasteiger partial charge in [0.2, 0.25) is 5.91 Å². The van der Waals surface area contributed by atoms with Gasteiger partial charge in [0.25, 0.3) is 5.91 Å². The molecule has 0 saturated heterocycles. The molecule has 10 heteroatoms. The summed E-state index contributed by atoms with van der Waals surface area (Å²) in [5, 5.41) is 14.5. The predicted octanol–water partition coefficient (Wildman–Crippen LogP) is 2.78. The van der Waals surface area contributed by atoms with Gasteiger partial charge in [-0.25, -0.2) is 0 Å². The van der Waals surface area contributed by atoms with Crippen molar-refractivity contribution in [1.29, 1.82) is 0 Å². The third-order valence-corrected chi connectivity index (χ3v) is 5.43. The first kappa shape index (κ1) is 20.7. The Morgan fingerprint density at radius 1 is 1.24 bits per heavy atom. The molecule has 1 unspecified atom stereocenters. The number of ether oxygens (including phenoxy) is 1. The fraction of sp³-hybridized carbons (Fsp3) is 0.263. The molecule has 1 aromatic carbocycles. The van der Waals surface area contributed by atoms with Crippen LogP contribution in [0.2, 0.25) is 0 Å². The largest absolute Gasteiger partial charge is 0.497 e. The van der Waals surface area contributed by atoms with Crippen molar-refractivity contribution < 1.29 is 14.3 Å². The summed E-state index contributed by atoms with van der Waals surface area (Å²) in [5.41, 5.74) is 0.524. The molecule has 3 rings (SSSR count). The maximum absolute atomic E-state index is 12.6. The molecule has 29 heavy (non-hydrogen) atoms. The number of nitrogens with one attached hydrogen (secondary N) is 3. The Bertz CT molecular complexity index is 1030. The van der Waals surface area contributed by atoms with Crippen LogP contribution in [0.15, 0.2) is 41.8 Å². The number of aromatic nitrogens is 3. The molecular formula is C19H21N5O3S2. The number of carbonyl (C=O) groups is 2. The van der Waals surface area contributed by atoms with Gasteiger partial charge in [-0.05, 0) is 54.9 Å². The van der Waals surface area contributed by atoms with Crippen molar-refractivity contribution in [3.8, 4) is 16.5 Å². The number of H-pyrrole nitrogens is 1. The van der Waals surface area contributed by atoms with E-state index in [2.05, 4.69) is 20.8 Å². The number of nitrogens with zero attached hydrogens (tertiary/aromatic N) is 2. The topological polar surface area (TPSA) is 101 Å². The molecule has 0 aliphatic carbocycles. The molecule has 0 bridgehead atoms. The lowest BCUT2D eigenvalue weighted by Gasteiger charge is -2.15. The SMILES string of the molecule is COc1ccc(C(=O)NCCNC(=O)C(C)n2c(-c3cccs3)n[nH]c2=S)cc1. The van der Waals surface area contributed by atoms with Gasteiger partial charge in [-0.1, -0.05) is 6.07 Å². The molecule has 2 aromatic heterocycles. The van der Waals surface area contributed by atoms with E-state index in [9.17, 15) is 9.59 Å². The van der Waals surface area contributed by atoms with Crippen LogP contribution in [0, 0.1) is 4.77 Å². The molecule has 8 nitrogen and oxygen atoms in total. The van der Waals surface area contributed by atoms with Gasteiger partial charge in [0.15, 0.2) is 10.6 Å². The Morgan fingerprint density at radius 3 is 2.62 bits per heavy atom. The maximum Gasteiger partial charge on any atom is 0.251 e. The summed E-state index contributed by atoms with van der Waals surface area (Å²) in [6.07, 6.45) is 0. The molecule has 0 aliphatic heterocycles. The minimum Gasteiger partial charge on any atom is -0.497 e. The number of carbonyl (C=O) groups excluding carboxylic acids is 2. The molecule has 0 fully saturated rings. The number of thiophene rings is 1. The summed E-state index contributed by atoms with van der Waals surface area (Å²) in [6.45, 7) is 2.36. The Balaban J connectivity index is 1.53. The Morgan fingerprint density at radius 2 is 1.97 bits per heavy atom. The van der Waals surface area contributed by atoms with Gasteiger partial charge in [-0.15, -0.1) is 11.3 Å². The second-order valence-electron chi connectivity index (χ2n) is 6.15. The Labute approximate surface area is 176 Å². The fourth-order valence-electron chi connectivity index (χ4n) is 2.71. The van der Waals surface area contributed by atoms with Gasteiger partial charge in [-0.3, -0.25) is 19.3 Å². The van der Waals surface area contributed by atoms with E-state index in [0.29, 0.717) is 35.0 Å². The summed E-state index contributed by atoms with van der Waals surface area (Å²) < 4.78 is 7.14. The van der Waals surface area contributed by atoms with Gasteiger partial charge in [-0.2, -0.15) is 5.10 Å². The van der Waals surface area contributed by atoms with Crippen LogP contribution in [0.25, 0.3) is 10.7 Å². The minimum atomic E-state index is -0.546. The standard InChI is InChI=1S/C19H21N5O3S2/c1-12(24-16(22-23-19(24)28)15-4-3-11-29-15)17(25)20-9-10-21-18(26)13-5-7-14(27-2)8-6-13/h3-8,11-12H,9-10H2,1-2H3,(H,20,25)(H,21,26)(H,23,28). The van der Waals surface area contributed by atoms with Crippen molar-refractivity contribution in [3.05, 3.63) is 52.1 Å². The smallest absolute Gasteiger partial charge is 0.251 e. The summed E-state index contributed by atoms with van der Waals surface area (Å²) in [4.78, 5) is 25.6. The van der Waals surface area contributed by atoms with Crippen LogP contribution in [-0.4, -0.2) is 46.8 Å². The number of benzene rings is 1. The zero-order chi connectivity index (χ0) is 20.8. The molecule has 0 aliphatic rings. The highest BCUT2D eigenvalue weighted by Gasteiger charge is 2.21. The van der Waals surface area contributed by atoms with Crippen molar-refractivity contribution in [2.75, 3.05) is 20.2 Å². The zero-order valence-corrected chi connectivity index (χ0v) is 17.6. The quantitative estimate of drug-likeness (QED) is 0.376. The summed E-state index contributed by atoms with van der Waals surface area (Å²) in [5.74, 6) is 0.883. The lowest BCUT2D eigenvalue weighted by molar-refractivity contribution is -0.123.